The Hall–Kier alpha value is -2.58. The van der Waals surface area contributed by atoms with E-state index in [9.17, 15) is 4.79 Å². The zero-order valence-electron chi connectivity index (χ0n) is 16.5. The molecule has 1 atom stereocenters. The zero-order valence-corrected chi connectivity index (χ0v) is 17.3. The number of aryl methyl sites for hydroxylation is 2. The number of hydrogen-bond donors (Lipinski definition) is 1. The van der Waals surface area contributed by atoms with Crippen molar-refractivity contribution >= 4 is 17.2 Å². The molecule has 8 heteroatoms. The lowest BCUT2D eigenvalue weighted by molar-refractivity contribution is 0.0929. The van der Waals surface area contributed by atoms with Crippen LogP contribution in [0.3, 0.4) is 0 Å². The smallest absolute Gasteiger partial charge is 0.255 e. The summed E-state index contributed by atoms with van der Waals surface area (Å²) in [5.74, 6) is 0.750. The SMILES string of the molecule is Cc1cc(-c2ccnc(-n3ncc(C(=O)N[C@@H]4CCOC4)c3C3CC3)n2)c(C)s1. The minimum absolute atomic E-state index is 0.0716. The van der Waals surface area contributed by atoms with E-state index >= 15 is 0 Å². The Bertz CT molecular complexity index is 1060. The van der Waals surface area contributed by atoms with E-state index in [-0.39, 0.29) is 11.9 Å². The Morgan fingerprint density at radius 3 is 2.86 bits per heavy atom. The first-order valence-corrected chi connectivity index (χ1v) is 10.8. The number of nitrogens with one attached hydrogen (secondary N) is 1. The van der Waals surface area contributed by atoms with Crippen molar-refractivity contribution in [1.29, 1.82) is 0 Å². The number of carbonyl (C=O) groups excluding carboxylic acids is 1. The van der Waals surface area contributed by atoms with E-state index in [0.29, 0.717) is 30.6 Å². The van der Waals surface area contributed by atoms with Crippen LogP contribution >= 0.6 is 11.3 Å². The lowest BCUT2D eigenvalue weighted by Gasteiger charge is -2.12. The highest BCUT2D eigenvalue weighted by atomic mass is 32.1. The van der Waals surface area contributed by atoms with Gasteiger partial charge in [-0.2, -0.15) is 5.10 Å². The molecule has 0 spiro atoms. The average Bonchev–Trinajstić information content (AvgIpc) is 3.10. The third-order valence-electron chi connectivity index (χ3n) is 5.43. The molecule has 2 aliphatic rings. The minimum atomic E-state index is -0.0888. The molecule has 0 unspecified atom stereocenters. The molecule has 29 heavy (non-hydrogen) atoms. The van der Waals surface area contributed by atoms with E-state index in [0.717, 1.165) is 36.2 Å². The molecule has 3 aromatic rings. The van der Waals surface area contributed by atoms with Crippen molar-refractivity contribution in [2.24, 2.45) is 0 Å². The van der Waals surface area contributed by atoms with Crippen molar-refractivity contribution < 1.29 is 9.53 Å². The Morgan fingerprint density at radius 2 is 2.17 bits per heavy atom. The third-order valence-corrected chi connectivity index (χ3v) is 6.40. The molecule has 1 aliphatic carbocycles. The second-order valence-electron chi connectivity index (χ2n) is 7.73. The van der Waals surface area contributed by atoms with Crippen LogP contribution in [0.1, 0.15) is 51.0 Å². The lowest BCUT2D eigenvalue weighted by atomic mass is 10.1. The topological polar surface area (TPSA) is 81.9 Å². The summed E-state index contributed by atoms with van der Waals surface area (Å²) in [7, 11) is 0. The van der Waals surface area contributed by atoms with Crippen LogP contribution in [0.15, 0.2) is 24.5 Å². The van der Waals surface area contributed by atoms with Crippen LogP contribution in [0.25, 0.3) is 17.2 Å². The molecule has 0 bridgehead atoms. The minimum Gasteiger partial charge on any atom is -0.379 e. The van der Waals surface area contributed by atoms with E-state index in [1.165, 1.54) is 9.75 Å². The van der Waals surface area contributed by atoms with Gasteiger partial charge < -0.3 is 10.1 Å². The maximum atomic E-state index is 12.9. The van der Waals surface area contributed by atoms with Gasteiger partial charge in [0.1, 0.15) is 0 Å². The first-order valence-electron chi connectivity index (χ1n) is 9.97. The molecular formula is C21H23N5O2S. The number of rotatable bonds is 5. The van der Waals surface area contributed by atoms with E-state index in [1.807, 2.05) is 6.07 Å². The number of hydrogen-bond acceptors (Lipinski definition) is 6. The van der Waals surface area contributed by atoms with Crippen LogP contribution in [0, 0.1) is 13.8 Å². The van der Waals surface area contributed by atoms with Gasteiger partial charge in [0.15, 0.2) is 0 Å². The van der Waals surface area contributed by atoms with Gasteiger partial charge >= 0.3 is 0 Å². The number of aromatic nitrogens is 4. The van der Waals surface area contributed by atoms with Crippen LogP contribution in [-0.4, -0.2) is 44.9 Å². The standard InChI is InChI=1S/C21H23N5O2S/c1-12-9-16(13(2)29-12)18-5-7-22-21(25-18)26-19(14-3-4-14)17(10-23-26)20(27)24-15-6-8-28-11-15/h5,7,9-10,14-15H,3-4,6,8,11H2,1-2H3,(H,24,27)/t15-/m1/s1. The third kappa shape index (κ3) is 3.58. The van der Waals surface area contributed by atoms with Crippen LogP contribution in [0.5, 0.6) is 0 Å². The summed E-state index contributed by atoms with van der Waals surface area (Å²) in [5.41, 5.74) is 3.53. The Labute approximate surface area is 173 Å². The highest BCUT2D eigenvalue weighted by molar-refractivity contribution is 7.12. The fourth-order valence-corrected chi connectivity index (χ4v) is 4.77. The Morgan fingerprint density at radius 1 is 1.31 bits per heavy atom. The van der Waals surface area contributed by atoms with Crippen molar-refractivity contribution in [2.45, 2.75) is 45.1 Å². The maximum absolute atomic E-state index is 12.9. The average molecular weight is 410 g/mol. The number of thiophene rings is 1. The number of amides is 1. The molecule has 1 aliphatic heterocycles. The van der Waals surface area contributed by atoms with Gasteiger partial charge in [-0.3, -0.25) is 4.79 Å². The summed E-state index contributed by atoms with van der Waals surface area (Å²) in [6.07, 6.45) is 6.37. The summed E-state index contributed by atoms with van der Waals surface area (Å²) >= 11 is 1.76. The number of ether oxygens (including phenoxy) is 1. The van der Waals surface area contributed by atoms with Gasteiger partial charge in [-0.15, -0.1) is 11.3 Å². The van der Waals surface area contributed by atoms with Crippen molar-refractivity contribution in [3.05, 3.63) is 45.5 Å². The predicted molar refractivity (Wildman–Crippen MR) is 111 cm³/mol. The monoisotopic (exact) mass is 409 g/mol. The second kappa shape index (κ2) is 7.35. The highest BCUT2D eigenvalue weighted by Gasteiger charge is 2.34. The molecular weight excluding hydrogens is 386 g/mol. The maximum Gasteiger partial charge on any atom is 0.255 e. The van der Waals surface area contributed by atoms with Gasteiger partial charge in [-0.05, 0) is 45.2 Å². The van der Waals surface area contributed by atoms with Crippen LogP contribution in [0.4, 0.5) is 0 Å². The largest absolute Gasteiger partial charge is 0.379 e. The Balaban J connectivity index is 1.50. The summed E-state index contributed by atoms with van der Waals surface area (Å²) in [5, 5.41) is 7.58. The molecule has 7 nitrogen and oxygen atoms in total. The van der Waals surface area contributed by atoms with Crippen molar-refractivity contribution in [3.8, 4) is 17.2 Å². The molecule has 1 saturated carbocycles. The van der Waals surface area contributed by atoms with Crippen LogP contribution in [0.2, 0.25) is 0 Å². The molecule has 0 radical (unpaired) electrons. The molecule has 1 amide bonds. The first kappa shape index (κ1) is 18.4. The zero-order chi connectivity index (χ0) is 20.0. The quantitative estimate of drug-likeness (QED) is 0.698. The fourth-order valence-electron chi connectivity index (χ4n) is 3.84. The molecule has 150 valence electrons. The molecule has 1 N–H and O–H groups in total. The van der Waals surface area contributed by atoms with Crippen LogP contribution < -0.4 is 5.32 Å². The first-order chi connectivity index (χ1) is 14.1. The summed E-state index contributed by atoms with van der Waals surface area (Å²) in [6.45, 7) is 5.47. The fraction of sp³-hybridized carbons (Fsp3) is 0.429. The Kier molecular flexibility index (Phi) is 4.67. The summed E-state index contributed by atoms with van der Waals surface area (Å²) in [4.78, 5) is 24.6. The van der Waals surface area contributed by atoms with Crippen molar-refractivity contribution in [1.82, 2.24) is 25.1 Å². The molecule has 4 heterocycles. The van der Waals surface area contributed by atoms with E-state index in [1.54, 1.807) is 28.4 Å². The van der Waals surface area contributed by atoms with E-state index in [4.69, 9.17) is 9.72 Å². The molecule has 1 saturated heterocycles. The van der Waals surface area contributed by atoms with Gasteiger partial charge in [0.2, 0.25) is 0 Å². The number of nitrogens with zero attached hydrogens (tertiary/aromatic N) is 4. The lowest BCUT2D eigenvalue weighted by Crippen LogP contribution is -2.35. The van der Waals surface area contributed by atoms with Crippen molar-refractivity contribution in [3.63, 3.8) is 0 Å². The molecule has 0 aromatic carbocycles. The summed E-state index contributed by atoms with van der Waals surface area (Å²) < 4.78 is 7.12. The molecule has 3 aromatic heterocycles. The number of carbonyl (C=O) groups is 1. The highest BCUT2D eigenvalue weighted by Crippen LogP contribution is 2.42. The van der Waals surface area contributed by atoms with Gasteiger partial charge in [-0.25, -0.2) is 14.6 Å². The van der Waals surface area contributed by atoms with E-state index in [2.05, 4.69) is 35.3 Å². The molecule has 5 rings (SSSR count). The van der Waals surface area contributed by atoms with Crippen LogP contribution in [-0.2, 0) is 4.74 Å². The normalized spacial score (nSPS) is 18.9. The van der Waals surface area contributed by atoms with Gasteiger partial charge in [0.25, 0.3) is 11.9 Å². The van der Waals surface area contributed by atoms with Gasteiger partial charge in [0.05, 0.1) is 35.8 Å². The predicted octanol–water partition coefficient (Wildman–Crippen LogP) is 3.40. The summed E-state index contributed by atoms with van der Waals surface area (Å²) in [6, 6.07) is 4.15. The van der Waals surface area contributed by atoms with Gasteiger partial charge in [-0.1, -0.05) is 0 Å². The van der Waals surface area contributed by atoms with Gasteiger partial charge in [0, 0.05) is 34.0 Å². The second-order valence-corrected chi connectivity index (χ2v) is 9.19. The van der Waals surface area contributed by atoms with E-state index < -0.39 is 0 Å². The molecule has 2 fully saturated rings. The van der Waals surface area contributed by atoms with Crippen molar-refractivity contribution in [2.75, 3.05) is 13.2 Å².